The van der Waals surface area contributed by atoms with Crippen molar-refractivity contribution in [3.8, 4) is 11.5 Å². The molecule has 0 fully saturated rings. The summed E-state index contributed by atoms with van der Waals surface area (Å²) in [4.78, 5) is 27.9. The van der Waals surface area contributed by atoms with Gasteiger partial charge in [-0.1, -0.05) is 43.1 Å². The number of fused-ring (bicyclic) bond motifs is 1. The van der Waals surface area contributed by atoms with Crippen molar-refractivity contribution in [2.24, 2.45) is 5.92 Å². The highest BCUT2D eigenvalue weighted by Crippen LogP contribution is 2.35. The maximum Gasteiger partial charge on any atom is 0.244 e. The Morgan fingerprint density at radius 2 is 1.70 bits per heavy atom. The summed E-state index contributed by atoms with van der Waals surface area (Å²) in [6.07, 6.45) is 1.01. The first-order valence-corrected chi connectivity index (χ1v) is 14.4. The first-order valence-electron chi connectivity index (χ1n) is 11.7. The summed E-state index contributed by atoms with van der Waals surface area (Å²) < 4.78 is 37.6. The van der Waals surface area contributed by atoms with Gasteiger partial charge in [-0.3, -0.25) is 13.9 Å². The molecule has 0 aliphatic carbocycles. The summed E-state index contributed by atoms with van der Waals surface area (Å²) >= 11 is 12.4. The van der Waals surface area contributed by atoms with Gasteiger partial charge in [0.2, 0.25) is 21.8 Å². The van der Waals surface area contributed by atoms with Crippen molar-refractivity contribution in [3.05, 3.63) is 52.0 Å². The molecule has 1 heterocycles. The third kappa shape index (κ3) is 7.66. The number of ether oxygens (including phenoxy) is 2. The van der Waals surface area contributed by atoms with Gasteiger partial charge in [-0.25, -0.2) is 8.42 Å². The molecular weight excluding hydrogens is 541 g/mol. The van der Waals surface area contributed by atoms with Crippen LogP contribution in [-0.4, -0.2) is 63.7 Å². The van der Waals surface area contributed by atoms with Crippen LogP contribution in [0.3, 0.4) is 0 Å². The van der Waals surface area contributed by atoms with E-state index in [1.54, 1.807) is 37.3 Å². The Balaban J connectivity index is 1.92. The van der Waals surface area contributed by atoms with Gasteiger partial charge in [-0.15, -0.1) is 0 Å². The number of rotatable bonds is 10. The van der Waals surface area contributed by atoms with Gasteiger partial charge in [0.05, 0.1) is 11.9 Å². The number of sulfonamides is 1. The number of carbonyl (C=O) groups is 2. The minimum Gasteiger partial charge on any atom is -0.486 e. The fourth-order valence-electron chi connectivity index (χ4n) is 3.67. The number of nitrogens with zero attached hydrogens (tertiary/aromatic N) is 2. The number of hydrogen-bond acceptors (Lipinski definition) is 6. The Morgan fingerprint density at radius 1 is 1.03 bits per heavy atom. The smallest absolute Gasteiger partial charge is 0.244 e. The number of carbonyl (C=O) groups excluding carboxylic acids is 2. The van der Waals surface area contributed by atoms with Crippen LogP contribution in [0.25, 0.3) is 0 Å². The van der Waals surface area contributed by atoms with E-state index >= 15 is 0 Å². The molecule has 37 heavy (non-hydrogen) atoms. The summed E-state index contributed by atoms with van der Waals surface area (Å²) in [5, 5.41) is 3.58. The number of amides is 2. The zero-order chi connectivity index (χ0) is 27.3. The molecule has 2 aromatic rings. The fourth-order valence-corrected chi connectivity index (χ4v) is 4.98. The molecular formula is C25H31Cl2N3O6S. The van der Waals surface area contributed by atoms with Gasteiger partial charge >= 0.3 is 0 Å². The molecule has 12 heteroatoms. The Morgan fingerprint density at radius 3 is 2.32 bits per heavy atom. The Hall–Kier alpha value is -2.69. The molecule has 0 spiro atoms. The second-order valence-corrected chi connectivity index (χ2v) is 11.9. The minimum absolute atomic E-state index is 0.0240. The third-order valence-electron chi connectivity index (χ3n) is 5.70. The molecule has 0 saturated heterocycles. The minimum atomic E-state index is -3.88. The molecule has 9 nitrogen and oxygen atoms in total. The molecule has 202 valence electrons. The van der Waals surface area contributed by atoms with Crippen molar-refractivity contribution < 1.29 is 27.5 Å². The van der Waals surface area contributed by atoms with Crippen LogP contribution in [0, 0.1) is 5.92 Å². The summed E-state index contributed by atoms with van der Waals surface area (Å²) in [6, 6.07) is 8.59. The van der Waals surface area contributed by atoms with Crippen molar-refractivity contribution in [2.45, 2.75) is 33.4 Å². The molecule has 0 saturated carbocycles. The van der Waals surface area contributed by atoms with Crippen molar-refractivity contribution in [2.75, 3.05) is 36.9 Å². The molecule has 2 aromatic carbocycles. The van der Waals surface area contributed by atoms with Crippen LogP contribution < -0.4 is 19.1 Å². The third-order valence-corrected chi connectivity index (χ3v) is 7.43. The predicted molar refractivity (Wildman–Crippen MR) is 144 cm³/mol. The van der Waals surface area contributed by atoms with Gasteiger partial charge in [0, 0.05) is 29.2 Å². The second kappa shape index (κ2) is 12.2. The molecule has 0 radical (unpaired) electrons. The zero-order valence-electron chi connectivity index (χ0n) is 21.2. The Kier molecular flexibility index (Phi) is 9.55. The zero-order valence-corrected chi connectivity index (χ0v) is 23.5. The van der Waals surface area contributed by atoms with E-state index < -0.39 is 28.5 Å². The summed E-state index contributed by atoms with van der Waals surface area (Å²) in [5.74, 6) is 0.137. The molecule has 1 N–H and O–H groups in total. The maximum absolute atomic E-state index is 13.6. The van der Waals surface area contributed by atoms with E-state index in [0.29, 0.717) is 46.9 Å². The van der Waals surface area contributed by atoms with Crippen molar-refractivity contribution in [1.29, 1.82) is 0 Å². The van der Waals surface area contributed by atoms with Gasteiger partial charge in [0.25, 0.3) is 0 Å². The van der Waals surface area contributed by atoms with E-state index in [-0.39, 0.29) is 24.1 Å². The Bertz CT molecular complexity index is 1250. The topological polar surface area (TPSA) is 105 Å². The second-order valence-electron chi connectivity index (χ2n) is 9.17. The highest BCUT2D eigenvalue weighted by atomic mass is 35.5. The lowest BCUT2D eigenvalue weighted by Crippen LogP contribution is -2.51. The quantitative estimate of drug-likeness (QED) is 0.466. The van der Waals surface area contributed by atoms with E-state index in [1.165, 1.54) is 11.0 Å². The number of anilines is 1. The van der Waals surface area contributed by atoms with Crippen LogP contribution >= 0.6 is 23.2 Å². The van der Waals surface area contributed by atoms with Gasteiger partial charge in [-0.05, 0) is 42.7 Å². The summed E-state index contributed by atoms with van der Waals surface area (Å²) in [7, 11) is -3.88. The number of nitrogens with one attached hydrogen (secondary N) is 1. The van der Waals surface area contributed by atoms with Crippen LogP contribution in [0.15, 0.2) is 36.4 Å². The van der Waals surface area contributed by atoms with E-state index in [4.69, 9.17) is 32.7 Å². The van der Waals surface area contributed by atoms with Crippen LogP contribution in [0.4, 0.5) is 5.69 Å². The van der Waals surface area contributed by atoms with Crippen molar-refractivity contribution in [3.63, 3.8) is 0 Å². The van der Waals surface area contributed by atoms with Crippen molar-refractivity contribution >= 4 is 50.7 Å². The molecule has 0 bridgehead atoms. The average molecular weight is 573 g/mol. The van der Waals surface area contributed by atoms with Gasteiger partial charge in [0.1, 0.15) is 25.8 Å². The molecule has 1 atom stereocenters. The lowest BCUT2D eigenvalue weighted by molar-refractivity contribution is -0.139. The largest absolute Gasteiger partial charge is 0.486 e. The first kappa shape index (κ1) is 28.9. The monoisotopic (exact) mass is 571 g/mol. The number of benzene rings is 2. The van der Waals surface area contributed by atoms with E-state index in [2.05, 4.69) is 5.32 Å². The fraction of sp³-hybridized carbons (Fsp3) is 0.440. The standard InChI is InChI=1S/C25H31Cl2N3O6S/c1-16(2)13-28-25(32)17(3)29(14-18-5-6-19(26)11-21(18)27)24(31)15-30(37(4,33)34)20-7-8-22-23(12-20)36-10-9-35-22/h5-8,11-12,16-17H,9-10,13-15H2,1-4H3,(H,28,32)/t17-/m0/s1. The number of hydrogen-bond donors (Lipinski definition) is 1. The molecule has 2 amide bonds. The highest BCUT2D eigenvalue weighted by molar-refractivity contribution is 7.92. The summed E-state index contributed by atoms with van der Waals surface area (Å²) in [5.41, 5.74) is 0.801. The summed E-state index contributed by atoms with van der Waals surface area (Å²) in [6.45, 7) is 6.09. The van der Waals surface area contributed by atoms with Crippen LogP contribution in [0.2, 0.25) is 10.0 Å². The van der Waals surface area contributed by atoms with E-state index in [1.807, 2.05) is 13.8 Å². The predicted octanol–water partition coefficient (Wildman–Crippen LogP) is 3.72. The molecule has 1 aliphatic heterocycles. The number of halogens is 2. The van der Waals surface area contributed by atoms with Gasteiger partial charge in [0.15, 0.2) is 11.5 Å². The molecule has 3 rings (SSSR count). The average Bonchev–Trinajstić information content (AvgIpc) is 2.83. The normalized spacial score (nSPS) is 13.7. The Labute approximate surface area is 227 Å². The molecule has 1 aliphatic rings. The molecule has 0 unspecified atom stereocenters. The maximum atomic E-state index is 13.6. The van der Waals surface area contributed by atoms with Gasteiger partial charge < -0.3 is 19.7 Å². The lowest BCUT2D eigenvalue weighted by Gasteiger charge is -2.32. The van der Waals surface area contributed by atoms with E-state index in [0.717, 1.165) is 10.6 Å². The van der Waals surface area contributed by atoms with Gasteiger partial charge in [-0.2, -0.15) is 0 Å². The van der Waals surface area contributed by atoms with Crippen molar-refractivity contribution in [1.82, 2.24) is 10.2 Å². The first-order chi connectivity index (χ1) is 17.4. The highest BCUT2D eigenvalue weighted by Gasteiger charge is 2.31. The van der Waals surface area contributed by atoms with E-state index in [9.17, 15) is 18.0 Å². The van der Waals surface area contributed by atoms with Crippen LogP contribution in [0.5, 0.6) is 11.5 Å². The SMILES string of the molecule is CC(C)CNC(=O)[C@H](C)N(Cc1ccc(Cl)cc1Cl)C(=O)CN(c1ccc2c(c1)OCCO2)S(C)(=O)=O. The van der Waals surface area contributed by atoms with Crippen LogP contribution in [-0.2, 0) is 26.2 Å². The lowest BCUT2D eigenvalue weighted by atomic mass is 10.1. The van der Waals surface area contributed by atoms with Crippen LogP contribution in [0.1, 0.15) is 26.3 Å². The molecule has 0 aromatic heterocycles.